The van der Waals surface area contributed by atoms with Gasteiger partial charge < -0.3 is 5.32 Å². The van der Waals surface area contributed by atoms with Crippen molar-refractivity contribution in [3.63, 3.8) is 0 Å². The van der Waals surface area contributed by atoms with Crippen LogP contribution < -0.4 is 5.32 Å². The summed E-state index contributed by atoms with van der Waals surface area (Å²) in [6.45, 7) is 1.98. The molecule has 1 aromatic heterocycles. The van der Waals surface area contributed by atoms with Crippen LogP contribution in [0.25, 0.3) is 0 Å². The Labute approximate surface area is 139 Å². The van der Waals surface area contributed by atoms with Gasteiger partial charge in [0.15, 0.2) is 5.15 Å². The molecule has 1 aromatic carbocycles. The van der Waals surface area contributed by atoms with Crippen molar-refractivity contribution >= 4 is 40.5 Å². The molecule has 110 valence electrons. The predicted octanol–water partition coefficient (Wildman–Crippen LogP) is 5.71. The van der Waals surface area contributed by atoms with E-state index in [-0.39, 0.29) is 0 Å². The molecular formula is C16H15Cl3N2. The first kappa shape index (κ1) is 15.0. The molecule has 2 nitrogen and oxygen atoms in total. The fraction of sp³-hybridized carbons (Fsp3) is 0.312. The van der Waals surface area contributed by atoms with Crippen molar-refractivity contribution in [3.8, 4) is 0 Å². The first-order valence-corrected chi connectivity index (χ1v) is 8.01. The zero-order valence-electron chi connectivity index (χ0n) is 11.5. The molecule has 0 radical (unpaired) electrons. The van der Waals surface area contributed by atoms with E-state index in [1.807, 2.05) is 25.1 Å². The molecule has 1 saturated carbocycles. The van der Waals surface area contributed by atoms with Crippen LogP contribution in [0.1, 0.15) is 29.9 Å². The van der Waals surface area contributed by atoms with Crippen molar-refractivity contribution < 1.29 is 0 Å². The Morgan fingerprint density at radius 1 is 1.10 bits per heavy atom. The predicted molar refractivity (Wildman–Crippen MR) is 89.8 cm³/mol. The molecule has 5 heteroatoms. The van der Waals surface area contributed by atoms with E-state index in [0.717, 1.165) is 29.1 Å². The van der Waals surface area contributed by atoms with Gasteiger partial charge in [0.25, 0.3) is 0 Å². The zero-order valence-corrected chi connectivity index (χ0v) is 13.8. The summed E-state index contributed by atoms with van der Waals surface area (Å²) in [5, 5.41) is 5.12. The van der Waals surface area contributed by atoms with Crippen LogP contribution in [0.2, 0.25) is 15.3 Å². The Kier molecular flexibility index (Phi) is 4.30. The summed E-state index contributed by atoms with van der Waals surface area (Å²) in [5.74, 6) is 0.583. The van der Waals surface area contributed by atoms with Crippen molar-refractivity contribution in [2.24, 2.45) is 0 Å². The number of aromatic nitrogens is 1. The summed E-state index contributed by atoms with van der Waals surface area (Å²) in [6.07, 6.45) is 2.17. The number of halogens is 3. The number of pyridine rings is 1. The number of rotatable bonds is 3. The second kappa shape index (κ2) is 6.04. The molecule has 1 aliphatic carbocycles. The Morgan fingerprint density at radius 2 is 1.76 bits per heavy atom. The summed E-state index contributed by atoms with van der Waals surface area (Å²) in [6, 6.07) is 10.3. The molecule has 0 amide bonds. The normalized spacial score (nSPS) is 21.0. The molecule has 0 unspecified atom stereocenters. The van der Waals surface area contributed by atoms with Crippen LogP contribution in [-0.4, -0.2) is 11.0 Å². The molecule has 1 fully saturated rings. The van der Waals surface area contributed by atoms with E-state index in [1.165, 1.54) is 5.56 Å². The molecule has 0 atom stereocenters. The summed E-state index contributed by atoms with van der Waals surface area (Å²) in [7, 11) is 0. The lowest BCUT2D eigenvalue weighted by Gasteiger charge is -2.37. The number of hydrogen-bond acceptors (Lipinski definition) is 2. The average molecular weight is 342 g/mol. The molecule has 1 N–H and O–H groups in total. The Bertz CT molecular complexity index is 626. The van der Waals surface area contributed by atoms with Gasteiger partial charge in [-0.25, -0.2) is 4.98 Å². The Balaban J connectivity index is 1.64. The van der Waals surface area contributed by atoms with Crippen molar-refractivity contribution in [2.45, 2.75) is 31.7 Å². The molecule has 1 heterocycles. The lowest BCUT2D eigenvalue weighted by molar-refractivity contribution is 0.374. The highest BCUT2D eigenvalue weighted by atomic mass is 35.5. The summed E-state index contributed by atoms with van der Waals surface area (Å²) >= 11 is 18.0. The van der Waals surface area contributed by atoms with Crippen molar-refractivity contribution in [1.82, 2.24) is 4.98 Å². The Hall–Kier alpha value is -0.960. The maximum atomic E-state index is 6.16. The minimum absolute atomic E-state index is 0.421. The SMILES string of the molecule is Cc1cc(Cl)nc(Cl)c1NC1CC(c2ccc(Cl)cc2)C1. The number of benzene rings is 1. The third-order valence-corrected chi connectivity index (χ3v) is 4.69. The molecule has 0 aliphatic heterocycles. The third kappa shape index (κ3) is 3.28. The average Bonchev–Trinajstić information content (AvgIpc) is 2.37. The van der Waals surface area contributed by atoms with Gasteiger partial charge in [-0.1, -0.05) is 46.9 Å². The van der Waals surface area contributed by atoms with Crippen LogP contribution in [0.5, 0.6) is 0 Å². The smallest absolute Gasteiger partial charge is 0.154 e. The highest BCUT2D eigenvalue weighted by Gasteiger charge is 2.31. The second-order valence-electron chi connectivity index (χ2n) is 5.49. The van der Waals surface area contributed by atoms with Gasteiger partial charge in [-0.2, -0.15) is 0 Å². The van der Waals surface area contributed by atoms with Crippen LogP contribution in [-0.2, 0) is 0 Å². The van der Waals surface area contributed by atoms with Crippen molar-refractivity contribution in [3.05, 3.63) is 56.8 Å². The van der Waals surface area contributed by atoms with Gasteiger partial charge >= 0.3 is 0 Å². The van der Waals surface area contributed by atoms with E-state index in [4.69, 9.17) is 34.8 Å². The van der Waals surface area contributed by atoms with Gasteiger partial charge in [-0.05, 0) is 55.0 Å². The minimum atomic E-state index is 0.421. The molecule has 3 rings (SSSR count). The maximum absolute atomic E-state index is 6.16. The second-order valence-corrected chi connectivity index (χ2v) is 6.67. The minimum Gasteiger partial charge on any atom is -0.380 e. The van der Waals surface area contributed by atoms with Crippen LogP contribution in [0, 0.1) is 6.92 Å². The first-order chi connectivity index (χ1) is 10.0. The topological polar surface area (TPSA) is 24.9 Å². The molecular weight excluding hydrogens is 327 g/mol. The van der Waals surface area contributed by atoms with E-state index >= 15 is 0 Å². The van der Waals surface area contributed by atoms with Crippen LogP contribution in [0.3, 0.4) is 0 Å². The largest absolute Gasteiger partial charge is 0.380 e. The van der Waals surface area contributed by atoms with Gasteiger partial charge in [-0.3, -0.25) is 0 Å². The number of anilines is 1. The highest BCUT2D eigenvalue weighted by Crippen LogP contribution is 2.40. The zero-order chi connectivity index (χ0) is 15.0. The lowest BCUT2D eigenvalue weighted by atomic mass is 9.76. The van der Waals surface area contributed by atoms with Crippen LogP contribution in [0.4, 0.5) is 5.69 Å². The van der Waals surface area contributed by atoms with Crippen LogP contribution >= 0.6 is 34.8 Å². The third-order valence-electron chi connectivity index (χ3n) is 3.97. The van der Waals surface area contributed by atoms with E-state index in [1.54, 1.807) is 0 Å². The molecule has 0 saturated heterocycles. The van der Waals surface area contributed by atoms with Crippen molar-refractivity contribution in [1.29, 1.82) is 0 Å². The summed E-state index contributed by atoms with van der Waals surface area (Å²) in [4.78, 5) is 4.09. The molecule has 21 heavy (non-hydrogen) atoms. The van der Waals surface area contributed by atoms with Gasteiger partial charge in [0, 0.05) is 11.1 Å². The van der Waals surface area contributed by atoms with Gasteiger partial charge in [-0.15, -0.1) is 0 Å². The fourth-order valence-electron chi connectivity index (χ4n) is 2.72. The molecule has 0 spiro atoms. The number of nitrogens with zero attached hydrogens (tertiary/aromatic N) is 1. The summed E-state index contributed by atoms with van der Waals surface area (Å²) < 4.78 is 0. The van der Waals surface area contributed by atoms with E-state index in [2.05, 4.69) is 22.4 Å². The molecule has 2 aromatic rings. The summed E-state index contributed by atoms with van der Waals surface area (Å²) in [5.41, 5.74) is 3.25. The van der Waals surface area contributed by atoms with Gasteiger partial charge in [0.1, 0.15) is 5.15 Å². The van der Waals surface area contributed by atoms with Gasteiger partial charge in [0.2, 0.25) is 0 Å². The van der Waals surface area contributed by atoms with E-state index < -0.39 is 0 Å². The van der Waals surface area contributed by atoms with Crippen molar-refractivity contribution in [2.75, 3.05) is 5.32 Å². The monoisotopic (exact) mass is 340 g/mol. The number of nitrogens with one attached hydrogen (secondary N) is 1. The van der Waals surface area contributed by atoms with E-state index in [0.29, 0.717) is 22.3 Å². The number of hydrogen-bond donors (Lipinski definition) is 1. The van der Waals surface area contributed by atoms with Gasteiger partial charge in [0.05, 0.1) is 5.69 Å². The van der Waals surface area contributed by atoms with Crippen LogP contribution in [0.15, 0.2) is 30.3 Å². The number of aryl methyl sites for hydroxylation is 1. The highest BCUT2D eigenvalue weighted by molar-refractivity contribution is 6.34. The fourth-order valence-corrected chi connectivity index (χ4v) is 3.43. The molecule has 0 bridgehead atoms. The molecule has 1 aliphatic rings. The standard InChI is InChI=1S/C16H15Cl3N2/c1-9-6-14(18)21-16(19)15(9)20-13-7-11(8-13)10-2-4-12(17)5-3-10/h2-6,11,13,20H,7-8H2,1H3. The van der Waals surface area contributed by atoms with E-state index in [9.17, 15) is 0 Å². The Morgan fingerprint density at radius 3 is 2.38 bits per heavy atom. The maximum Gasteiger partial charge on any atom is 0.154 e. The lowest BCUT2D eigenvalue weighted by Crippen LogP contribution is -2.34. The first-order valence-electron chi connectivity index (χ1n) is 6.87. The quantitative estimate of drug-likeness (QED) is 0.723.